The third kappa shape index (κ3) is 2.60. The van der Waals surface area contributed by atoms with Gasteiger partial charge >= 0.3 is 0 Å². The Morgan fingerprint density at radius 3 is 2.67 bits per heavy atom. The number of carbonyl (C=O) groups is 1. The third-order valence-corrected chi connectivity index (χ3v) is 3.38. The van der Waals surface area contributed by atoms with Crippen molar-refractivity contribution in [3.05, 3.63) is 58.5 Å². The van der Waals surface area contributed by atoms with E-state index in [1.807, 2.05) is 19.9 Å². The highest BCUT2D eigenvalue weighted by molar-refractivity contribution is 6.30. The van der Waals surface area contributed by atoms with Gasteiger partial charge in [-0.05, 0) is 44.2 Å². The number of rotatable bonds is 2. The molecule has 1 N–H and O–H groups in total. The van der Waals surface area contributed by atoms with Crippen LogP contribution in [0.15, 0.2) is 36.5 Å². The predicted molar refractivity (Wildman–Crippen MR) is 81.9 cm³/mol. The van der Waals surface area contributed by atoms with Gasteiger partial charge < -0.3 is 5.32 Å². The van der Waals surface area contributed by atoms with Crippen molar-refractivity contribution in [2.24, 2.45) is 0 Å². The summed E-state index contributed by atoms with van der Waals surface area (Å²) in [6.07, 6.45) is 1.53. The Bertz CT molecular complexity index is 824. The van der Waals surface area contributed by atoms with Crippen LogP contribution in [-0.2, 0) is 0 Å². The number of halogens is 1. The van der Waals surface area contributed by atoms with E-state index >= 15 is 0 Å². The summed E-state index contributed by atoms with van der Waals surface area (Å²) in [5.74, 6) is -0.246. The molecule has 6 heteroatoms. The molecule has 5 nitrogen and oxygen atoms in total. The van der Waals surface area contributed by atoms with E-state index in [2.05, 4.69) is 15.4 Å². The van der Waals surface area contributed by atoms with Gasteiger partial charge in [-0.2, -0.15) is 5.10 Å². The minimum atomic E-state index is -0.246. The third-order valence-electron chi connectivity index (χ3n) is 3.12. The number of anilines is 1. The Balaban J connectivity index is 1.96. The molecular formula is C15H13ClN4O. The lowest BCUT2D eigenvalue weighted by Gasteiger charge is -2.05. The second-order valence-corrected chi connectivity index (χ2v) is 5.23. The van der Waals surface area contributed by atoms with Crippen molar-refractivity contribution in [2.45, 2.75) is 13.8 Å². The fourth-order valence-electron chi connectivity index (χ4n) is 2.16. The van der Waals surface area contributed by atoms with E-state index in [0.29, 0.717) is 21.9 Å². The zero-order chi connectivity index (χ0) is 15.0. The van der Waals surface area contributed by atoms with E-state index in [1.165, 1.54) is 6.20 Å². The number of hydrogen-bond donors (Lipinski definition) is 1. The van der Waals surface area contributed by atoms with Gasteiger partial charge in [0.15, 0.2) is 5.65 Å². The predicted octanol–water partition coefficient (Wildman–Crippen LogP) is 3.25. The van der Waals surface area contributed by atoms with Crippen LogP contribution >= 0.6 is 11.6 Å². The van der Waals surface area contributed by atoms with E-state index in [4.69, 9.17) is 11.6 Å². The molecule has 1 amide bonds. The fraction of sp³-hybridized carbons (Fsp3) is 0.133. The number of benzene rings is 1. The number of nitrogens with zero attached hydrogens (tertiary/aromatic N) is 3. The normalized spacial score (nSPS) is 10.8. The summed E-state index contributed by atoms with van der Waals surface area (Å²) in [4.78, 5) is 16.8. The molecule has 2 aromatic heterocycles. The standard InChI is InChI=1S/C15H13ClN4O/c1-9-7-10(2)20-14(18-9)13(8-17-20)15(21)19-12-5-3-11(16)4-6-12/h3-8H,1-2H3,(H,19,21). The fourth-order valence-corrected chi connectivity index (χ4v) is 2.29. The Morgan fingerprint density at radius 1 is 1.24 bits per heavy atom. The molecule has 0 radical (unpaired) electrons. The van der Waals surface area contributed by atoms with Crippen LogP contribution in [0.25, 0.3) is 5.65 Å². The summed E-state index contributed by atoms with van der Waals surface area (Å²) in [7, 11) is 0. The maximum absolute atomic E-state index is 12.4. The number of aromatic nitrogens is 3. The van der Waals surface area contributed by atoms with Gasteiger partial charge in [-0.25, -0.2) is 9.50 Å². The van der Waals surface area contributed by atoms with Crippen LogP contribution in [0.4, 0.5) is 5.69 Å². The van der Waals surface area contributed by atoms with Crippen molar-refractivity contribution in [1.82, 2.24) is 14.6 Å². The van der Waals surface area contributed by atoms with Crippen LogP contribution in [0.2, 0.25) is 5.02 Å². The molecule has 2 heterocycles. The molecule has 106 valence electrons. The average Bonchev–Trinajstić information content (AvgIpc) is 2.85. The van der Waals surface area contributed by atoms with Gasteiger partial charge in [0.2, 0.25) is 0 Å². The first-order chi connectivity index (χ1) is 10.0. The first kappa shape index (κ1) is 13.6. The molecule has 0 bridgehead atoms. The Kier molecular flexibility index (Phi) is 3.35. The zero-order valence-electron chi connectivity index (χ0n) is 11.6. The molecular weight excluding hydrogens is 288 g/mol. The minimum absolute atomic E-state index is 0.246. The van der Waals surface area contributed by atoms with Crippen molar-refractivity contribution >= 4 is 28.8 Å². The van der Waals surface area contributed by atoms with Crippen molar-refractivity contribution in [3.8, 4) is 0 Å². The first-order valence-corrected chi connectivity index (χ1v) is 6.81. The molecule has 3 aromatic rings. The highest BCUT2D eigenvalue weighted by atomic mass is 35.5. The summed E-state index contributed by atoms with van der Waals surface area (Å²) < 4.78 is 1.66. The summed E-state index contributed by atoms with van der Waals surface area (Å²) in [6.45, 7) is 3.82. The molecule has 0 atom stereocenters. The van der Waals surface area contributed by atoms with Gasteiger partial charge in [-0.1, -0.05) is 11.6 Å². The van der Waals surface area contributed by atoms with E-state index in [1.54, 1.807) is 28.8 Å². The molecule has 3 rings (SSSR count). The van der Waals surface area contributed by atoms with Gasteiger partial charge in [0, 0.05) is 22.1 Å². The van der Waals surface area contributed by atoms with Gasteiger partial charge in [-0.3, -0.25) is 4.79 Å². The number of carbonyl (C=O) groups excluding carboxylic acids is 1. The largest absolute Gasteiger partial charge is 0.322 e. The van der Waals surface area contributed by atoms with Crippen LogP contribution in [0.1, 0.15) is 21.7 Å². The monoisotopic (exact) mass is 300 g/mol. The SMILES string of the molecule is Cc1cc(C)n2ncc(C(=O)Nc3ccc(Cl)cc3)c2n1. The van der Waals surface area contributed by atoms with E-state index < -0.39 is 0 Å². The molecule has 0 fully saturated rings. The first-order valence-electron chi connectivity index (χ1n) is 6.43. The van der Waals surface area contributed by atoms with Crippen LogP contribution < -0.4 is 5.32 Å². The maximum Gasteiger partial charge on any atom is 0.261 e. The van der Waals surface area contributed by atoms with Gasteiger partial charge in [0.25, 0.3) is 5.91 Å². The van der Waals surface area contributed by atoms with Crippen LogP contribution in [0, 0.1) is 13.8 Å². The smallest absolute Gasteiger partial charge is 0.261 e. The highest BCUT2D eigenvalue weighted by Crippen LogP contribution is 2.16. The van der Waals surface area contributed by atoms with Gasteiger partial charge in [0.05, 0.1) is 6.20 Å². The summed E-state index contributed by atoms with van der Waals surface area (Å²) >= 11 is 5.82. The lowest BCUT2D eigenvalue weighted by atomic mass is 10.2. The van der Waals surface area contributed by atoms with Crippen LogP contribution in [0.3, 0.4) is 0 Å². The highest BCUT2D eigenvalue weighted by Gasteiger charge is 2.15. The van der Waals surface area contributed by atoms with Gasteiger partial charge in [-0.15, -0.1) is 0 Å². The molecule has 0 saturated carbocycles. The van der Waals surface area contributed by atoms with E-state index in [9.17, 15) is 4.79 Å². The Labute approximate surface area is 126 Å². The second-order valence-electron chi connectivity index (χ2n) is 4.79. The number of amides is 1. The quantitative estimate of drug-likeness (QED) is 0.790. The molecule has 0 aliphatic carbocycles. The van der Waals surface area contributed by atoms with Crippen LogP contribution in [-0.4, -0.2) is 20.5 Å². The summed E-state index contributed by atoms with van der Waals surface area (Å²) in [5, 5.41) is 7.64. The summed E-state index contributed by atoms with van der Waals surface area (Å²) in [6, 6.07) is 8.85. The number of nitrogens with one attached hydrogen (secondary N) is 1. The van der Waals surface area contributed by atoms with Crippen molar-refractivity contribution in [2.75, 3.05) is 5.32 Å². The molecule has 1 aromatic carbocycles. The molecule has 0 saturated heterocycles. The number of fused-ring (bicyclic) bond motifs is 1. The second kappa shape index (κ2) is 5.18. The Morgan fingerprint density at radius 2 is 1.95 bits per heavy atom. The molecule has 0 spiro atoms. The van der Waals surface area contributed by atoms with Crippen molar-refractivity contribution < 1.29 is 4.79 Å². The molecule has 0 aliphatic rings. The van der Waals surface area contributed by atoms with Crippen LogP contribution in [0.5, 0.6) is 0 Å². The number of hydrogen-bond acceptors (Lipinski definition) is 3. The Hall–Kier alpha value is -2.40. The molecule has 0 unspecified atom stereocenters. The maximum atomic E-state index is 12.4. The van der Waals surface area contributed by atoms with E-state index in [-0.39, 0.29) is 5.91 Å². The molecule has 0 aliphatic heterocycles. The lowest BCUT2D eigenvalue weighted by molar-refractivity contribution is 0.102. The topological polar surface area (TPSA) is 59.3 Å². The van der Waals surface area contributed by atoms with E-state index in [0.717, 1.165) is 11.4 Å². The average molecular weight is 301 g/mol. The van der Waals surface area contributed by atoms with Gasteiger partial charge in [0.1, 0.15) is 5.56 Å². The lowest BCUT2D eigenvalue weighted by Crippen LogP contribution is -2.12. The van der Waals surface area contributed by atoms with Crippen molar-refractivity contribution in [1.29, 1.82) is 0 Å². The zero-order valence-corrected chi connectivity index (χ0v) is 12.3. The summed E-state index contributed by atoms with van der Waals surface area (Å²) in [5.41, 5.74) is 3.45. The van der Waals surface area contributed by atoms with Crippen molar-refractivity contribution in [3.63, 3.8) is 0 Å². The minimum Gasteiger partial charge on any atom is -0.322 e. The molecule has 21 heavy (non-hydrogen) atoms. The number of aryl methyl sites for hydroxylation is 2.